The van der Waals surface area contributed by atoms with E-state index in [4.69, 9.17) is 0 Å². The van der Waals surface area contributed by atoms with Gasteiger partial charge in [0.15, 0.2) is 0 Å². The third kappa shape index (κ3) is 6.82. The molecule has 2 amide bonds. The van der Waals surface area contributed by atoms with Gasteiger partial charge >= 0.3 is 0 Å². The number of thioether (sulfide) groups is 1. The Hall–Kier alpha value is -1.53. The molecule has 3 rings (SSSR count). The summed E-state index contributed by atoms with van der Waals surface area (Å²) in [6, 6.07) is 10.3. The van der Waals surface area contributed by atoms with Crippen molar-refractivity contribution in [3.05, 3.63) is 30.3 Å². The minimum absolute atomic E-state index is 0.142. The fourth-order valence-electron chi connectivity index (χ4n) is 4.00. The lowest BCUT2D eigenvalue weighted by atomic mass is 10.1. The maximum absolute atomic E-state index is 12.5. The van der Waals surface area contributed by atoms with Gasteiger partial charge in [0.2, 0.25) is 11.8 Å². The molecule has 1 aliphatic heterocycles. The lowest BCUT2D eigenvalue weighted by Crippen LogP contribution is -2.51. The van der Waals surface area contributed by atoms with E-state index in [2.05, 4.69) is 27.2 Å². The third-order valence-corrected chi connectivity index (χ3v) is 6.80. The van der Waals surface area contributed by atoms with Crippen LogP contribution in [-0.2, 0) is 9.59 Å². The molecule has 1 aromatic carbocycles. The summed E-state index contributed by atoms with van der Waals surface area (Å²) in [4.78, 5) is 30.1. The number of carbonyl (C=O) groups is 2. The zero-order valence-electron chi connectivity index (χ0n) is 16.8. The second-order valence-electron chi connectivity index (χ2n) is 7.76. The standard InChI is InChI=1S/C22H33N3O2S/c26-21(11-6-18-28-20-9-2-1-3-10-20)23-12-13-24-14-16-25(17-15-24)22(27)19-7-4-5-8-19/h1-3,9-10,19H,4-8,11-18H2,(H,23,26). The van der Waals surface area contributed by atoms with Crippen LogP contribution in [0, 0.1) is 5.92 Å². The number of rotatable bonds is 9. The van der Waals surface area contributed by atoms with E-state index in [1.54, 1.807) is 11.8 Å². The summed E-state index contributed by atoms with van der Waals surface area (Å²) < 4.78 is 0. The summed E-state index contributed by atoms with van der Waals surface area (Å²) in [6.07, 6.45) is 6.06. The number of hydrogen-bond acceptors (Lipinski definition) is 4. The van der Waals surface area contributed by atoms with Crippen LogP contribution in [0.3, 0.4) is 0 Å². The number of hydrogen-bond donors (Lipinski definition) is 1. The summed E-state index contributed by atoms with van der Waals surface area (Å²) in [5.41, 5.74) is 0. The van der Waals surface area contributed by atoms with Crippen molar-refractivity contribution < 1.29 is 9.59 Å². The summed E-state index contributed by atoms with van der Waals surface area (Å²) in [5.74, 6) is 1.77. The third-order valence-electron chi connectivity index (χ3n) is 5.70. The molecule has 1 aromatic rings. The fourth-order valence-corrected chi connectivity index (χ4v) is 4.88. The first-order valence-corrected chi connectivity index (χ1v) is 11.7. The molecule has 1 N–H and O–H groups in total. The van der Waals surface area contributed by atoms with Crippen molar-refractivity contribution in [1.82, 2.24) is 15.1 Å². The molecule has 0 radical (unpaired) electrons. The molecule has 0 aromatic heterocycles. The summed E-state index contributed by atoms with van der Waals surface area (Å²) >= 11 is 1.80. The number of nitrogens with one attached hydrogen (secondary N) is 1. The molecule has 5 nitrogen and oxygen atoms in total. The molecule has 1 heterocycles. The Morgan fingerprint density at radius 2 is 1.75 bits per heavy atom. The first-order chi connectivity index (χ1) is 13.7. The predicted octanol–water partition coefficient (Wildman–Crippen LogP) is 3.01. The molecule has 2 aliphatic rings. The molecule has 1 saturated heterocycles. The van der Waals surface area contributed by atoms with Crippen LogP contribution in [0.15, 0.2) is 35.2 Å². The van der Waals surface area contributed by atoms with Gasteiger partial charge in [0.1, 0.15) is 0 Å². The van der Waals surface area contributed by atoms with Crippen molar-refractivity contribution in [3.8, 4) is 0 Å². The van der Waals surface area contributed by atoms with Crippen molar-refractivity contribution >= 4 is 23.6 Å². The van der Waals surface area contributed by atoms with Crippen LogP contribution < -0.4 is 5.32 Å². The molecule has 28 heavy (non-hydrogen) atoms. The second-order valence-corrected chi connectivity index (χ2v) is 8.93. The van der Waals surface area contributed by atoms with Crippen LogP contribution in [0.2, 0.25) is 0 Å². The van der Waals surface area contributed by atoms with Crippen molar-refractivity contribution in [2.24, 2.45) is 5.92 Å². The van der Waals surface area contributed by atoms with Gasteiger partial charge in [-0.1, -0.05) is 31.0 Å². The highest BCUT2D eigenvalue weighted by Gasteiger charge is 2.29. The van der Waals surface area contributed by atoms with Gasteiger partial charge in [0.25, 0.3) is 0 Å². The van der Waals surface area contributed by atoms with E-state index in [1.807, 2.05) is 18.2 Å². The minimum atomic E-state index is 0.142. The van der Waals surface area contributed by atoms with E-state index in [1.165, 1.54) is 17.7 Å². The summed E-state index contributed by atoms with van der Waals surface area (Å²) in [6.45, 7) is 5.07. The van der Waals surface area contributed by atoms with Crippen molar-refractivity contribution in [3.63, 3.8) is 0 Å². The van der Waals surface area contributed by atoms with Crippen LogP contribution in [0.25, 0.3) is 0 Å². The molecule has 0 unspecified atom stereocenters. The Bertz CT molecular complexity index is 611. The van der Waals surface area contributed by atoms with E-state index >= 15 is 0 Å². The number of nitrogens with zero attached hydrogens (tertiary/aromatic N) is 2. The Labute approximate surface area is 173 Å². The largest absolute Gasteiger partial charge is 0.355 e. The van der Waals surface area contributed by atoms with Gasteiger partial charge in [-0.15, -0.1) is 11.8 Å². The zero-order chi connectivity index (χ0) is 19.6. The van der Waals surface area contributed by atoms with E-state index in [0.717, 1.165) is 57.7 Å². The first kappa shape index (κ1) is 21.2. The highest BCUT2D eigenvalue weighted by atomic mass is 32.2. The molecule has 6 heteroatoms. The monoisotopic (exact) mass is 403 g/mol. The van der Waals surface area contributed by atoms with Gasteiger partial charge in [-0.3, -0.25) is 14.5 Å². The van der Waals surface area contributed by atoms with Crippen LogP contribution in [0.1, 0.15) is 38.5 Å². The maximum atomic E-state index is 12.5. The van der Waals surface area contributed by atoms with E-state index in [0.29, 0.717) is 18.9 Å². The molecule has 1 saturated carbocycles. The number of amides is 2. The molecule has 0 bridgehead atoms. The highest BCUT2D eigenvalue weighted by molar-refractivity contribution is 7.99. The Morgan fingerprint density at radius 3 is 2.46 bits per heavy atom. The van der Waals surface area contributed by atoms with Crippen LogP contribution in [0.4, 0.5) is 0 Å². The van der Waals surface area contributed by atoms with Crippen LogP contribution in [-0.4, -0.2) is 66.6 Å². The summed E-state index contributed by atoms with van der Waals surface area (Å²) in [7, 11) is 0. The number of benzene rings is 1. The first-order valence-electron chi connectivity index (χ1n) is 10.7. The average Bonchev–Trinajstić information content (AvgIpc) is 3.27. The zero-order valence-corrected chi connectivity index (χ0v) is 17.6. The van der Waals surface area contributed by atoms with E-state index < -0.39 is 0 Å². The molecular weight excluding hydrogens is 370 g/mol. The van der Waals surface area contributed by atoms with Crippen molar-refractivity contribution in [1.29, 1.82) is 0 Å². The van der Waals surface area contributed by atoms with Gasteiger partial charge in [-0.25, -0.2) is 0 Å². The van der Waals surface area contributed by atoms with E-state index in [-0.39, 0.29) is 11.8 Å². The van der Waals surface area contributed by atoms with Crippen LogP contribution in [0.5, 0.6) is 0 Å². The van der Waals surface area contributed by atoms with Gasteiger partial charge in [0.05, 0.1) is 0 Å². The SMILES string of the molecule is O=C(CCCSc1ccccc1)NCCN1CCN(C(=O)C2CCCC2)CC1. The molecule has 0 spiro atoms. The second kappa shape index (κ2) is 11.5. The molecule has 154 valence electrons. The maximum Gasteiger partial charge on any atom is 0.225 e. The Kier molecular flexibility index (Phi) is 8.68. The fraction of sp³-hybridized carbons (Fsp3) is 0.636. The number of piperazine rings is 1. The lowest BCUT2D eigenvalue weighted by molar-refractivity contribution is -0.137. The molecular formula is C22H33N3O2S. The topological polar surface area (TPSA) is 52.7 Å². The summed E-state index contributed by atoms with van der Waals surface area (Å²) in [5, 5.41) is 3.04. The minimum Gasteiger partial charge on any atom is -0.355 e. The Morgan fingerprint density at radius 1 is 1.04 bits per heavy atom. The number of carbonyl (C=O) groups excluding carboxylic acids is 2. The van der Waals surface area contributed by atoms with Crippen molar-refractivity contribution in [2.45, 2.75) is 43.4 Å². The normalized spacial score (nSPS) is 18.4. The van der Waals surface area contributed by atoms with Crippen molar-refractivity contribution in [2.75, 3.05) is 45.0 Å². The molecule has 0 atom stereocenters. The smallest absolute Gasteiger partial charge is 0.225 e. The Balaban J connectivity index is 1.21. The van der Waals surface area contributed by atoms with Crippen LogP contribution >= 0.6 is 11.8 Å². The predicted molar refractivity (Wildman–Crippen MR) is 114 cm³/mol. The van der Waals surface area contributed by atoms with E-state index in [9.17, 15) is 9.59 Å². The molecule has 2 fully saturated rings. The van der Waals surface area contributed by atoms with Gasteiger partial charge < -0.3 is 10.2 Å². The van der Waals surface area contributed by atoms with Gasteiger partial charge in [-0.2, -0.15) is 0 Å². The quantitative estimate of drug-likeness (QED) is 0.509. The molecule has 1 aliphatic carbocycles. The van der Waals surface area contributed by atoms with Gasteiger partial charge in [0, 0.05) is 56.5 Å². The highest BCUT2D eigenvalue weighted by Crippen LogP contribution is 2.26. The lowest BCUT2D eigenvalue weighted by Gasteiger charge is -2.36. The average molecular weight is 404 g/mol. The van der Waals surface area contributed by atoms with Gasteiger partial charge in [-0.05, 0) is 37.1 Å².